The molecule has 0 radical (unpaired) electrons. The zero-order chi connectivity index (χ0) is 26.5. The number of carboxylic acid groups (broad SMARTS) is 2. The van der Waals surface area contributed by atoms with Crippen molar-refractivity contribution in [3.05, 3.63) is 0 Å². The first kappa shape index (κ1) is 29.8. The van der Waals surface area contributed by atoms with Gasteiger partial charge in [-0.25, -0.2) is 18.4 Å². The molecule has 0 spiro atoms. The Balaban J connectivity index is 0.000000340. The van der Waals surface area contributed by atoms with Crippen molar-refractivity contribution >= 4 is 23.9 Å². The van der Waals surface area contributed by atoms with Crippen LogP contribution in [0.3, 0.4) is 0 Å². The Morgan fingerprint density at radius 1 is 0.647 bits per heavy atom. The molecule has 2 rings (SSSR count). The number of carbonyl (C=O) groups excluding carboxylic acids is 2. The first-order valence-corrected chi connectivity index (χ1v) is 11.6. The van der Waals surface area contributed by atoms with Gasteiger partial charge < -0.3 is 19.7 Å². The van der Waals surface area contributed by atoms with Gasteiger partial charge in [-0.2, -0.15) is 0 Å². The second-order valence-corrected chi connectivity index (χ2v) is 11.2. The van der Waals surface area contributed by atoms with Crippen molar-refractivity contribution in [1.29, 1.82) is 0 Å². The molecule has 0 bridgehead atoms. The zero-order valence-electron chi connectivity index (χ0n) is 20.9. The van der Waals surface area contributed by atoms with E-state index in [9.17, 15) is 28.0 Å². The fourth-order valence-corrected chi connectivity index (χ4v) is 3.82. The number of carboxylic acids is 2. The van der Waals surface area contributed by atoms with Gasteiger partial charge in [0, 0.05) is 0 Å². The van der Waals surface area contributed by atoms with Crippen molar-refractivity contribution in [2.24, 2.45) is 11.8 Å². The van der Waals surface area contributed by atoms with E-state index in [1.54, 1.807) is 41.5 Å². The van der Waals surface area contributed by atoms with Gasteiger partial charge in [-0.05, 0) is 92.9 Å². The van der Waals surface area contributed by atoms with Crippen LogP contribution in [0.4, 0.5) is 8.78 Å². The summed E-state index contributed by atoms with van der Waals surface area (Å²) in [5, 5.41) is 17.4. The number of hydrogen-bond donors (Lipinski definition) is 2. The Morgan fingerprint density at radius 2 is 0.882 bits per heavy atom. The van der Waals surface area contributed by atoms with E-state index in [4.69, 9.17) is 19.7 Å². The number of carbonyl (C=O) groups is 4. The van der Waals surface area contributed by atoms with Crippen LogP contribution in [0, 0.1) is 11.8 Å². The molecule has 0 amide bonds. The summed E-state index contributed by atoms with van der Waals surface area (Å²) in [4.78, 5) is 44.8. The van der Waals surface area contributed by atoms with Crippen LogP contribution in [-0.2, 0) is 28.7 Å². The van der Waals surface area contributed by atoms with E-state index in [2.05, 4.69) is 0 Å². The minimum Gasteiger partial charge on any atom is -0.479 e. The number of aliphatic carboxylic acids is 2. The standard InChI is InChI=1S/2C12H19FO4/c2*1-11(2,3)17-9(14)8-4-6-12(13,7-5-8)10(15)16/h2*8H,4-7H2,1-3H3,(H,15,16). The molecule has 10 heteroatoms. The lowest BCUT2D eigenvalue weighted by Crippen LogP contribution is -2.40. The lowest BCUT2D eigenvalue weighted by atomic mass is 9.80. The fraction of sp³-hybridized carbons (Fsp3) is 0.833. The van der Waals surface area contributed by atoms with E-state index < -0.39 is 34.5 Å². The maximum Gasteiger partial charge on any atom is 0.341 e. The molecule has 0 aliphatic heterocycles. The Bertz CT molecular complexity index is 686. The zero-order valence-corrected chi connectivity index (χ0v) is 20.9. The van der Waals surface area contributed by atoms with Crippen molar-refractivity contribution in [2.75, 3.05) is 0 Å². The molecule has 0 aromatic carbocycles. The van der Waals surface area contributed by atoms with Crippen molar-refractivity contribution < 1.29 is 47.6 Å². The van der Waals surface area contributed by atoms with E-state index in [0.717, 1.165) is 0 Å². The van der Waals surface area contributed by atoms with Gasteiger partial charge in [-0.1, -0.05) is 0 Å². The Morgan fingerprint density at radius 3 is 1.06 bits per heavy atom. The Labute approximate surface area is 199 Å². The molecule has 0 heterocycles. The van der Waals surface area contributed by atoms with E-state index >= 15 is 0 Å². The number of hydrogen-bond acceptors (Lipinski definition) is 6. The highest BCUT2D eigenvalue weighted by Gasteiger charge is 2.45. The molecule has 34 heavy (non-hydrogen) atoms. The smallest absolute Gasteiger partial charge is 0.341 e. The van der Waals surface area contributed by atoms with Crippen LogP contribution in [0.1, 0.15) is 92.9 Å². The SMILES string of the molecule is CC(C)(C)OC(=O)C1CCC(F)(C(=O)O)CC1.CC(C)(C)OC(=O)C1CCC(F)(C(=O)O)CC1. The molecule has 0 aromatic heterocycles. The average Bonchev–Trinajstić information content (AvgIpc) is 2.66. The predicted molar refractivity (Wildman–Crippen MR) is 119 cm³/mol. The molecule has 2 saturated carbocycles. The number of esters is 2. The second-order valence-electron chi connectivity index (χ2n) is 11.2. The summed E-state index contributed by atoms with van der Waals surface area (Å²) in [5.74, 6) is -4.33. The highest BCUT2D eigenvalue weighted by molar-refractivity contribution is 5.79. The van der Waals surface area contributed by atoms with Gasteiger partial charge >= 0.3 is 23.9 Å². The highest BCUT2D eigenvalue weighted by Crippen LogP contribution is 2.37. The summed E-state index contributed by atoms with van der Waals surface area (Å²) in [5.41, 5.74) is -5.46. The third-order valence-corrected chi connectivity index (χ3v) is 5.80. The molecule has 0 unspecified atom stereocenters. The van der Waals surface area contributed by atoms with Gasteiger partial charge in [-0.3, -0.25) is 9.59 Å². The summed E-state index contributed by atoms with van der Waals surface area (Å²) in [6.07, 6.45) is 0.460. The lowest BCUT2D eigenvalue weighted by molar-refractivity contribution is -0.166. The van der Waals surface area contributed by atoms with E-state index in [1.165, 1.54) is 0 Å². The maximum absolute atomic E-state index is 13.7. The first-order valence-electron chi connectivity index (χ1n) is 11.6. The fourth-order valence-electron chi connectivity index (χ4n) is 3.82. The summed E-state index contributed by atoms with van der Waals surface area (Å²) in [6.45, 7) is 10.6. The normalized spacial score (nSPS) is 29.8. The van der Waals surface area contributed by atoms with Crippen molar-refractivity contribution in [1.82, 2.24) is 0 Å². The third kappa shape index (κ3) is 9.18. The predicted octanol–water partition coefficient (Wildman–Crippen LogP) is 4.62. The first-order chi connectivity index (χ1) is 15.3. The molecule has 196 valence electrons. The summed E-state index contributed by atoms with van der Waals surface area (Å²) in [7, 11) is 0. The largest absolute Gasteiger partial charge is 0.479 e. The lowest BCUT2D eigenvalue weighted by Gasteiger charge is -2.31. The van der Waals surface area contributed by atoms with E-state index in [1.807, 2.05) is 0 Å². The van der Waals surface area contributed by atoms with Crippen LogP contribution >= 0.6 is 0 Å². The molecule has 2 aliphatic carbocycles. The summed E-state index contributed by atoms with van der Waals surface area (Å²) in [6, 6.07) is 0. The molecule has 8 nitrogen and oxygen atoms in total. The minimum absolute atomic E-state index is 0.119. The van der Waals surface area contributed by atoms with Gasteiger partial charge in [0.15, 0.2) is 0 Å². The summed E-state index contributed by atoms with van der Waals surface area (Å²) >= 11 is 0. The topological polar surface area (TPSA) is 127 Å². The molecular weight excluding hydrogens is 454 g/mol. The Kier molecular flexibility index (Phi) is 9.62. The van der Waals surface area contributed by atoms with Crippen LogP contribution in [0.5, 0.6) is 0 Å². The third-order valence-electron chi connectivity index (χ3n) is 5.80. The van der Waals surface area contributed by atoms with Crippen LogP contribution in [0.15, 0.2) is 0 Å². The van der Waals surface area contributed by atoms with Crippen molar-refractivity contribution in [2.45, 2.75) is 115 Å². The molecule has 2 aliphatic rings. The molecule has 2 N–H and O–H groups in total. The van der Waals surface area contributed by atoms with Gasteiger partial charge in [0.05, 0.1) is 11.8 Å². The number of alkyl halides is 2. The van der Waals surface area contributed by atoms with Crippen LogP contribution in [0.25, 0.3) is 0 Å². The summed E-state index contributed by atoms with van der Waals surface area (Å²) < 4.78 is 37.8. The minimum atomic E-state index is -2.17. The van der Waals surface area contributed by atoms with Gasteiger partial charge in [0.2, 0.25) is 11.3 Å². The van der Waals surface area contributed by atoms with E-state index in [-0.39, 0.29) is 75.1 Å². The molecule has 2 fully saturated rings. The van der Waals surface area contributed by atoms with Crippen LogP contribution in [-0.4, -0.2) is 56.6 Å². The average molecular weight is 493 g/mol. The van der Waals surface area contributed by atoms with Crippen LogP contribution < -0.4 is 0 Å². The molecule has 0 aromatic rings. The monoisotopic (exact) mass is 492 g/mol. The van der Waals surface area contributed by atoms with Gasteiger partial charge in [0.25, 0.3) is 0 Å². The molecule has 0 atom stereocenters. The van der Waals surface area contributed by atoms with Gasteiger partial charge in [0.1, 0.15) is 11.2 Å². The Hall–Kier alpha value is -2.26. The highest BCUT2D eigenvalue weighted by atomic mass is 19.1. The second kappa shape index (κ2) is 11.0. The maximum atomic E-state index is 13.7. The van der Waals surface area contributed by atoms with Crippen molar-refractivity contribution in [3.8, 4) is 0 Å². The molecular formula is C24H38F2O8. The van der Waals surface area contributed by atoms with Gasteiger partial charge in [-0.15, -0.1) is 0 Å². The van der Waals surface area contributed by atoms with Crippen LogP contribution in [0.2, 0.25) is 0 Å². The number of ether oxygens (including phenoxy) is 2. The van der Waals surface area contributed by atoms with Crippen molar-refractivity contribution in [3.63, 3.8) is 0 Å². The number of halogens is 2. The quantitative estimate of drug-likeness (QED) is 0.544. The van der Waals surface area contributed by atoms with E-state index in [0.29, 0.717) is 0 Å². The molecule has 0 saturated heterocycles. The number of rotatable bonds is 4.